The Bertz CT molecular complexity index is 939. The Hall–Kier alpha value is -1.40. The van der Waals surface area contributed by atoms with E-state index in [9.17, 15) is 19.8 Å². The van der Waals surface area contributed by atoms with Crippen LogP contribution in [0.1, 0.15) is 310 Å². The molecule has 0 rings (SSSR count). The molecule has 0 spiro atoms. The number of carbonyl (C=O) groups excluding carboxylic acids is 2. The van der Waals surface area contributed by atoms with E-state index < -0.39 is 18.2 Å². The van der Waals surface area contributed by atoms with Gasteiger partial charge in [0.2, 0.25) is 5.91 Å². The molecule has 62 heavy (non-hydrogen) atoms. The zero-order chi connectivity index (χ0) is 45.2. The van der Waals surface area contributed by atoms with Crippen molar-refractivity contribution >= 4 is 11.9 Å². The van der Waals surface area contributed by atoms with E-state index in [-0.39, 0.29) is 24.9 Å². The van der Waals surface area contributed by atoms with Gasteiger partial charge in [0.25, 0.3) is 0 Å². The number of ether oxygens (including phenoxy) is 1. The van der Waals surface area contributed by atoms with Gasteiger partial charge in [0.05, 0.1) is 25.2 Å². The van der Waals surface area contributed by atoms with Gasteiger partial charge in [-0.05, 0) is 51.4 Å². The van der Waals surface area contributed by atoms with Gasteiger partial charge in [-0.25, -0.2) is 0 Å². The van der Waals surface area contributed by atoms with E-state index in [1.165, 1.54) is 212 Å². The van der Waals surface area contributed by atoms with Crippen LogP contribution in [0.25, 0.3) is 0 Å². The van der Waals surface area contributed by atoms with E-state index in [0.717, 1.165) is 51.4 Å². The lowest BCUT2D eigenvalue weighted by Gasteiger charge is -2.24. The molecule has 3 unspecified atom stereocenters. The topological polar surface area (TPSA) is 95.9 Å². The van der Waals surface area contributed by atoms with Gasteiger partial charge in [-0.3, -0.25) is 9.59 Å². The molecule has 368 valence electrons. The highest BCUT2D eigenvalue weighted by molar-refractivity contribution is 5.77. The molecule has 0 bridgehead atoms. The number of hydrogen-bond acceptors (Lipinski definition) is 5. The van der Waals surface area contributed by atoms with Gasteiger partial charge in [-0.2, -0.15) is 0 Å². The monoisotopic (exact) mass is 876 g/mol. The molecule has 0 heterocycles. The highest BCUT2D eigenvalue weighted by atomic mass is 16.5. The zero-order valence-electron chi connectivity index (χ0n) is 42.0. The second kappa shape index (κ2) is 50.6. The van der Waals surface area contributed by atoms with E-state index in [1.807, 2.05) is 0 Å². The smallest absolute Gasteiger partial charge is 0.306 e. The van der Waals surface area contributed by atoms with Crippen LogP contribution in [-0.2, 0) is 14.3 Å². The van der Waals surface area contributed by atoms with Crippen molar-refractivity contribution < 1.29 is 24.5 Å². The second-order valence-electron chi connectivity index (χ2n) is 19.3. The predicted molar refractivity (Wildman–Crippen MR) is 269 cm³/mol. The number of nitrogens with one attached hydrogen (secondary N) is 1. The molecule has 0 aromatic carbocycles. The summed E-state index contributed by atoms with van der Waals surface area (Å²) >= 11 is 0. The van der Waals surface area contributed by atoms with Crippen molar-refractivity contribution in [2.24, 2.45) is 0 Å². The quantitative estimate of drug-likeness (QED) is 0.0321. The first-order valence-corrected chi connectivity index (χ1v) is 27.9. The number of carbonyl (C=O) groups is 2. The summed E-state index contributed by atoms with van der Waals surface area (Å²) in [6, 6.07) is -0.698. The Kier molecular flexibility index (Phi) is 49.5. The van der Waals surface area contributed by atoms with Crippen molar-refractivity contribution in [2.75, 3.05) is 6.61 Å². The van der Waals surface area contributed by atoms with Gasteiger partial charge < -0.3 is 20.3 Å². The molecule has 3 N–H and O–H groups in total. The Morgan fingerprint density at radius 1 is 0.452 bits per heavy atom. The highest BCUT2D eigenvalue weighted by Crippen LogP contribution is 2.19. The maximum atomic E-state index is 13.2. The molecule has 0 fully saturated rings. The largest absolute Gasteiger partial charge is 0.462 e. The van der Waals surface area contributed by atoms with Crippen LogP contribution in [0.15, 0.2) is 12.2 Å². The van der Waals surface area contributed by atoms with Gasteiger partial charge in [0.1, 0.15) is 6.10 Å². The normalized spacial score (nSPS) is 13.2. The van der Waals surface area contributed by atoms with Crippen molar-refractivity contribution in [3.63, 3.8) is 0 Å². The maximum absolute atomic E-state index is 13.2. The fourth-order valence-corrected chi connectivity index (χ4v) is 8.84. The molecule has 0 radical (unpaired) electrons. The third-order valence-electron chi connectivity index (χ3n) is 13.1. The summed E-state index contributed by atoms with van der Waals surface area (Å²) in [5.41, 5.74) is 0. The minimum absolute atomic E-state index is 0.0793. The summed E-state index contributed by atoms with van der Waals surface area (Å²) in [7, 11) is 0. The van der Waals surface area contributed by atoms with Gasteiger partial charge >= 0.3 is 5.97 Å². The van der Waals surface area contributed by atoms with Crippen LogP contribution in [0.4, 0.5) is 0 Å². The Balaban J connectivity index is 4.53. The summed E-state index contributed by atoms with van der Waals surface area (Å²) in [6.07, 6.45) is 57.0. The van der Waals surface area contributed by atoms with Crippen LogP contribution in [0, 0.1) is 0 Å². The maximum Gasteiger partial charge on any atom is 0.306 e. The number of rotatable bonds is 51. The van der Waals surface area contributed by atoms with E-state index in [2.05, 4.69) is 38.2 Å². The van der Waals surface area contributed by atoms with E-state index in [1.54, 1.807) is 0 Å². The fraction of sp³-hybridized carbons (Fsp3) is 0.929. The van der Waals surface area contributed by atoms with Crippen molar-refractivity contribution in [1.82, 2.24) is 5.32 Å². The third-order valence-corrected chi connectivity index (χ3v) is 13.1. The van der Waals surface area contributed by atoms with Crippen LogP contribution >= 0.6 is 0 Å². The number of esters is 1. The summed E-state index contributed by atoms with van der Waals surface area (Å²) in [6.45, 7) is 6.51. The molecular formula is C56H109NO5. The van der Waals surface area contributed by atoms with Crippen molar-refractivity contribution in [1.29, 1.82) is 0 Å². The zero-order valence-corrected chi connectivity index (χ0v) is 42.0. The average Bonchev–Trinajstić information content (AvgIpc) is 3.26. The number of aliphatic hydroxyl groups excluding tert-OH is 2. The molecule has 0 saturated heterocycles. The van der Waals surface area contributed by atoms with E-state index >= 15 is 0 Å². The number of hydrogen-bond donors (Lipinski definition) is 3. The average molecular weight is 876 g/mol. The van der Waals surface area contributed by atoms with Crippen LogP contribution in [-0.4, -0.2) is 46.9 Å². The second-order valence-corrected chi connectivity index (χ2v) is 19.3. The Morgan fingerprint density at radius 3 is 1.15 bits per heavy atom. The van der Waals surface area contributed by atoms with Crippen LogP contribution < -0.4 is 5.32 Å². The van der Waals surface area contributed by atoms with E-state index in [0.29, 0.717) is 19.3 Å². The van der Waals surface area contributed by atoms with Crippen LogP contribution in [0.2, 0.25) is 0 Å². The summed E-state index contributed by atoms with van der Waals surface area (Å²) in [4.78, 5) is 26.2. The molecule has 3 atom stereocenters. The summed E-state index contributed by atoms with van der Waals surface area (Å²) in [5.74, 6) is -0.472. The Labute approximate surface area is 387 Å². The van der Waals surface area contributed by atoms with Gasteiger partial charge in [0.15, 0.2) is 0 Å². The highest BCUT2D eigenvalue weighted by Gasteiger charge is 2.24. The van der Waals surface area contributed by atoms with Gasteiger partial charge in [-0.15, -0.1) is 0 Å². The first-order valence-electron chi connectivity index (χ1n) is 27.9. The number of unbranched alkanes of at least 4 members (excludes halogenated alkanes) is 37. The fourth-order valence-electron chi connectivity index (χ4n) is 8.84. The molecule has 0 aromatic heterocycles. The van der Waals surface area contributed by atoms with E-state index in [4.69, 9.17) is 4.74 Å². The first-order chi connectivity index (χ1) is 30.5. The molecule has 6 heteroatoms. The van der Waals surface area contributed by atoms with Crippen molar-refractivity contribution in [2.45, 2.75) is 328 Å². The van der Waals surface area contributed by atoms with Crippen LogP contribution in [0.3, 0.4) is 0 Å². The predicted octanol–water partition coefficient (Wildman–Crippen LogP) is 16.9. The molecule has 1 amide bonds. The lowest BCUT2D eigenvalue weighted by molar-refractivity contribution is -0.151. The minimum Gasteiger partial charge on any atom is -0.462 e. The molecular weight excluding hydrogens is 767 g/mol. The number of allylic oxidation sites excluding steroid dienone is 2. The molecule has 0 aliphatic heterocycles. The standard InChI is InChI=1S/C56H109NO5/c1-4-7-10-13-16-19-22-25-26-27-28-31-32-35-38-41-44-47-52(62-56(61)49-46-43-40-37-34-30-24-21-18-15-12-9-6-3)50-55(60)57-53(51-58)54(59)48-45-42-39-36-33-29-23-20-17-14-11-8-5-2/h30,34,52-54,58-59H,4-29,31-33,35-51H2,1-3H3,(H,57,60)/b34-30-. The molecule has 6 nitrogen and oxygen atoms in total. The lowest BCUT2D eigenvalue weighted by atomic mass is 10.0. The van der Waals surface area contributed by atoms with Gasteiger partial charge in [-0.1, -0.05) is 258 Å². The lowest BCUT2D eigenvalue weighted by Crippen LogP contribution is -2.46. The van der Waals surface area contributed by atoms with Crippen LogP contribution in [0.5, 0.6) is 0 Å². The van der Waals surface area contributed by atoms with Crippen molar-refractivity contribution in [3.8, 4) is 0 Å². The van der Waals surface area contributed by atoms with Crippen molar-refractivity contribution in [3.05, 3.63) is 12.2 Å². The molecule has 0 aromatic rings. The minimum atomic E-state index is -0.784. The molecule has 0 aliphatic carbocycles. The Morgan fingerprint density at radius 2 is 0.774 bits per heavy atom. The summed E-state index contributed by atoms with van der Waals surface area (Å²) in [5, 5.41) is 23.8. The molecule has 0 aliphatic rings. The molecule has 0 saturated carbocycles. The summed E-state index contributed by atoms with van der Waals surface area (Å²) < 4.78 is 5.95. The SMILES string of the molecule is CCCCCCCC/C=C\CCCCCC(=O)OC(CCCCCCCCCCCCCCCCCCC)CC(=O)NC(CO)C(O)CCCCCCCCCCCCCCC. The number of amides is 1. The third kappa shape index (κ3) is 45.2. The first kappa shape index (κ1) is 60.6. The van der Waals surface area contributed by atoms with Gasteiger partial charge in [0, 0.05) is 6.42 Å². The number of aliphatic hydroxyl groups is 2.